The van der Waals surface area contributed by atoms with E-state index in [2.05, 4.69) is 31.9 Å². The average molecular weight is 375 g/mol. The summed E-state index contributed by atoms with van der Waals surface area (Å²) in [7, 11) is 0. The van der Waals surface area contributed by atoms with Crippen molar-refractivity contribution in [1.29, 1.82) is 0 Å². The van der Waals surface area contributed by atoms with Gasteiger partial charge in [0.2, 0.25) is 0 Å². The lowest BCUT2D eigenvalue weighted by Gasteiger charge is -2.11. The maximum absolute atomic E-state index is 13.7. The van der Waals surface area contributed by atoms with Crippen LogP contribution in [0, 0.1) is 12.7 Å². The third-order valence-electron chi connectivity index (χ3n) is 2.43. The van der Waals surface area contributed by atoms with Crippen LogP contribution in [0.25, 0.3) is 0 Å². The van der Waals surface area contributed by atoms with Crippen LogP contribution in [0.5, 0.6) is 11.5 Å². The molecule has 94 valence electrons. The summed E-state index contributed by atoms with van der Waals surface area (Å²) in [5.41, 5.74) is 7.31. The van der Waals surface area contributed by atoms with E-state index in [1.165, 1.54) is 6.07 Å². The highest BCUT2D eigenvalue weighted by Crippen LogP contribution is 2.34. The number of nitrogen functional groups attached to an aromatic ring is 1. The first-order chi connectivity index (χ1) is 8.47. The van der Waals surface area contributed by atoms with Gasteiger partial charge in [-0.15, -0.1) is 0 Å². The molecule has 2 aromatic rings. The predicted molar refractivity (Wildman–Crippen MR) is 77.5 cm³/mol. The van der Waals surface area contributed by atoms with Gasteiger partial charge < -0.3 is 10.5 Å². The van der Waals surface area contributed by atoms with Crippen molar-refractivity contribution in [2.24, 2.45) is 0 Å². The zero-order valence-corrected chi connectivity index (χ0v) is 12.7. The molecular formula is C13H10Br2FNO. The van der Waals surface area contributed by atoms with E-state index in [0.717, 1.165) is 5.56 Å². The molecule has 0 saturated heterocycles. The Morgan fingerprint density at radius 1 is 1.11 bits per heavy atom. The van der Waals surface area contributed by atoms with E-state index in [0.29, 0.717) is 20.4 Å². The van der Waals surface area contributed by atoms with Crippen molar-refractivity contribution in [3.8, 4) is 11.5 Å². The summed E-state index contributed by atoms with van der Waals surface area (Å²) in [4.78, 5) is 0. The molecule has 2 nitrogen and oxygen atoms in total. The number of ether oxygens (including phenoxy) is 1. The molecule has 0 radical (unpaired) electrons. The van der Waals surface area contributed by atoms with Crippen molar-refractivity contribution < 1.29 is 9.13 Å². The first-order valence-electron chi connectivity index (χ1n) is 5.16. The van der Waals surface area contributed by atoms with E-state index in [9.17, 15) is 4.39 Å². The van der Waals surface area contributed by atoms with Crippen LogP contribution in [0.2, 0.25) is 0 Å². The minimum atomic E-state index is -0.425. The summed E-state index contributed by atoms with van der Waals surface area (Å²) in [5, 5.41) is 0. The van der Waals surface area contributed by atoms with Crippen molar-refractivity contribution in [2.45, 2.75) is 6.92 Å². The molecule has 0 bridgehead atoms. The molecule has 0 heterocycles. The molecule has 0 aromatic heterocycles. The number of hydrogen-bond donors (Lipinski definition) is 1. The minimum absolute atomic E-state index is 0.170. The lowest BCUT2D eigenvalue weighted by atomic mass is 10.2. The lowest BCUT2D eigenvalue weighted by molar-refractivity contribution is 0.439. The smallest absolute Gasteiger partial charge is 0.166 e. The Morgan fingerprint density at radius 2 is 1.83 bits per heavy atom. The van der Waals surface area contributed by atoms with Crippen LogP contribution in [-0.4, -0.2) is 0 Å². The Kier molecular flexibility index (Phi) is 3.92. The Bertz CT molecular complexity index is 602. The summed E-state index contributed by atoms with van der Waals surface area (Å²) >= 11 is 6.54. The maximum atomic E-state index is 13.7. The van der Waals surface area contributed by atoms with Crippen LogP contribution in [-0.2, 0) is 0 Å². The van der Waals surface area contributed by atoms with E-state index in [-0.39, 0.29) is 5.75 Å². The Balaban J connectivity index is 2.37. The SMILES string of the molecule is Cc1cc(Oc2ccc(Br)cc2F)c(Br)cc1N. The second kappa shape index (κ2) is 5.28. The molecular weight excluding hydrogens is 365 g/mol. The third-order valence-corrected chi connectivity index (χ3v) is 3.55. The normalized spacial score (nSPS) is 10.4. The predicted octanol–water partition coefficient (Wildman–Crippen LogP) is 5.03. The lowest BCUT2D eigenvalue weighted by Crippen LogP contribution is -1.94. The second-order valence-electron chi connectivity index (χ2n) is 3.82. The quantitative estimate of drug-likeness (QED) is 0.748. The van der Waals surface area contributed by atoms with Crippen LogP contribution in [0.4, 0.5) is 10.1 Å². The Labute approximate surface area is 121 Å². The van der Waals surface area contributed by atoms with Crippen molar-refractivity contribution in [3.05, 3.63) is 50.7 Å². The number of aryl methyl sites for hydroxylation is 1. The number of benzene rings is 2. The molecule has 2 N–H and O–H groups in total. The van der Waals surface area contributed by atoms with Crippen molar-refractivity contribution in [3.63, 3.8) is 0 Å². The molecule has 18 heavy (non-hydrogen) atoms. The first kappa shape index (κ1) is 13.4. The second-order valence-corrected chi connectivity index (χ2v) is 5.59. The van der Waals surface area contributed by atoms with Gasteiger partial charge in [-0.3, -0.25) is 0 Å². The van der Waals surface area contributed by atoms with Crippen molar-refractivity contribution >= 4 is 37.5 Å². The zero-order valence-electron chi connectivity index (χ0n) is 9.51. The molecule has 0 aliphatic carbocycles. The number of rotatable bonds is 2. The van der Waals surface area contributed by atoms with Gasteiger partial charge in [0.15, 0.2) is 11.6 Å². The Morgan fingerprint density at radius 3 is 2.50 bits per heavy atom. The van der Waals surface area contributed by atoms with Crippen LogP contribution in [0.3, 0.4) is 0 Å². The molecule has 0 unspecified atom stereocenters. The molecule has 0 aliphatic rings. The molecule has 0 saturated carbocycles. The fourth-order valence-corrected chi connectivity index (χ4v) is 2.20. The Hall–Kier alpha value is -1.07. The summed E-state index contributed by atoms with van der Waals surface area (Å²) in [6, 6.07) is 8.14. The van der Waals surface area contributed by atoms with Crippen molar-refractivity contribution in [1.82, 2.24) is 0 Å². The molecule has 0 spiro atoms. The monoisotopic (exact) mass is 373 g/mol. The minimum Gasteiger partial charge on any atom is -0.453 e. The van der Waals surface area contributed by atoms with Gasteiger partial charge in [-0.05, 0) is 58.7 Å². The number of halogens is 3. The summed E-state index contributed by atoms with van der Waals surface area (Å²) in [5.74, 6) is 0.275. The van der Waals surface area contributed by atoms with Gasteiger partial charge >= 0.3 is 0 Å². The van der Waals surface area contributed by atoms with Crippen LogP contribution < -0.4 is 10.5 Å². The van der Waals surface area contributed by atoms with E-state index in [1.54, 1.807) is 24.3 Å². The molecule has 2 rings (SSSR count). The largest absolute Gasteiger partial charge is 0.453 e. The van der Waals surface area contributed by atoms with Gasteiger partial charge in [-0.25, -0.2) is 4.39 Å². The number of anilines is 1. The van der Waals surface area contributed by atoms with Gasteiger partial charge in [0.25, 0.3) is 0 Å². The van der Waals surface area contributed by atoms with Crippen molar-refractivity contribution in [2.75, 3.05) is 5.73 Å². The fourth-order valence-electron chi connectivity index (χ4n) is 1.43. The zero-order chi connectivity index (χ0) is 13.3. The molecule has 0 atom stereocenters. The fraction of sp³-hybridized carbons (Fsp3) is 0.0769. The summed E-state index contributed by atoms with van der Waals surface area (Å²) in [6.45, 7) is 1.87. The average Bonchev–Trinajstić information content (AvgIpc) is 2.29. The van der Waals surface area contributed by atoms with E-state index in [4.69, 9.17) is 10.5 Å². The van der Waals surface area contributed by atoms with Crippen LogP contribution in [0.15, 0.2) is 39.3 Å². The number of hydrogen-bond acceptors (Lipinski definition) is 2. The standard InChI is InChI=1S/C13H10Br2FNO/c1-7-4-13(9(15)6-11(7)17)18-12-3-2-8(14)5-10(12)16/h2-6H,17H2,1H3. The number of nitrogens with two attached hydrogens (primary N) is 1. The molecule has 5 heteroatoms. The molecule has 0 fully saturated rings. The highest BCUT2D eigenvalue weighted by molar-refractivity contribution is 9.10. The molecule has 2 aromatic carbocycles. The molecule has 0 amide bonds. The van der Waals surface area contributed by atoms with Gasteiger partial charge in [0.05, 0.1) is 4.47 Å². The van der Waals surface area contributed by atoms with Crippen LogP contribution >= 0.6 is 31.9 Å². The van der Waals surface area contributed by atoms with Crippen LogP contribution in [0.1, 0.15) is 5.56 Å². The van der Waals surface area contributed by atoms with E-state index in [1.807, 2.05) is 6.92 Å². The highest BCUT2D eigenvalue weighted by Gasteiger charge is 2.09. The maximum Gasteiger partial charge on any atom is 0.166 e. The van der Waals surface area contributed by atoms with E-state index < -0.39 is 5.82 Å². The topological polar surface area (TPSA) is 35.2 Å². The van der Waals surface area contributed by atoms with Gasteiger partial charge in [-0.1, -0.05) is 15.9 Å². The highest BCUT2D eigenvalue weighted by atomic mass is 79.9. The third kappa shape index (κ3) is 2.84. The molecule has 0 aliphatic heterocycles. The summed E-state index contributed by atoms with van der Waals surface area (Å²) in [6.07, 6.45) is 0. The van der Waals surface area contributed by atoms with Gasteiger partial charge in [0.1, 0.15) is 5.75 Å². The summed E-state index contributed by atoms with van der Waals surface area (Å²) < 4.78 is 20.5. The first-order valence-corrected chi connectivity index (χ1v) is 6.74. The van der Waals surface area contributed by atoms with Gasteiger partial charge in [0, 0.05) is 10.2 Å². The van der Waals surface area contributed by atoms with Gasteiger partial charge in [-0.2, -0.15) is 0 Å². The van der Waals surface area contributed by atoms with E-state index >= 15 is 0 Å².